The van der Waals surface area contributed by atoms with E-state index in [9.17, 15) is 8.78 Å². The molecule has 1 fully saturated rings. The average Bonchev–Trinajstić information content (AvgIpc) is 3.42. The molecule has 1 aliphatic rings. The van der Waals surface area contributed by atoms with Crippen LogP contribution in [0.15, 0.2) is 40.6 Å². The molecule has 1 aromatic carbocycles. The van der Waals surface area contributed by atoms with Crippen molar-refractivity contribution in [2.24, 2.45) is 0 Å². The summed E-state index contributed by atoms with van der Waals surface area (Å²) in [6, 6.07) is 5.18. The van der Waals surface area contributed by atoms with Crippen molar-refractivity contribution in [3.8, 4) is 10.6 Å². The molecule has 6 nitrogen and oxygen atoms in total. The largest absolute Gasteiger partial charge is 0.349 e. The topological polar surface area (TPSA) is 59.2 Å². The molecular formula is C18H13BrF2N6S. The number of hydrogen-bond donors (Lipinski definition) is 0. The van der Waals surface area contributed by atoms with Crippen molar-refractivity contribution in [2.75, 3.05) is 11.4 Å². The van der Waals surface area contributed by atoms with Gasteiger partial charge >= 0.3 is 0 Å². The normalized spacial score (nSPS) is 17.0. The van der Waals surface area contributed by atoms with Gasteiger partial charge in [0, 0.05) is 18.3 Å². The summed E-state index contributed by atoms with van der Waals surface area (Å²) in [5, 5.41) is 13.2. The van der Waals surface area contributed by atoms with Gasteiger partial charge in [-0.25, -0.2) is 18.3 Å². The lowest BCUT2D eigenvalue weighted by Gasteiger charge is -2.26. The molecule has 4 heterocycles. The lowest BCUT2D eigenvalue weighted by atomic mass is 10.0. The van der Waals surface area contributed by atoms with E-state index in [2.05, 4.69) is 31.2 Å². The van der Waals surface area contributed by atoms with Crippen LogP contribution in [-0.2, 0) is 0 Å². The first-order chi connectivity index (χ1) is 13.6. The van der Waals surface area contributed by atoms with E-state index in [1.165, 1.54) is 23.5 Å². The maximum atomic E-state index is 14.4. The number of halogens is 3. The van der Waals surface area contributed by atoms with Crippen LogP contribution in [0, 0.1) is 11.6 Å². The Morgan fingerprint density at radius 2 is 2.07 bits per heavy atom. The molecule has 0 N–H and O–H groups in total. The van der Waals surface area contributed by atoms with Gasteiger partial charge in [-0.1, -0.05) is 11.3 Å². The zero-order chi connectivity index (χ0) is 19.3. The van der Waals surface area contributed by atoms with Crippen molar-refractivity contribution in [3.05, 3.63) is 57.8 Å². The van der Waals surface area contributed by atoms with Gasteiger partial charge in [-0.3, -0.25) is 0 Å². The van der Waals surface area contributed by atoms with Gasteiger partial charge in [0.1, 0.15) is 17.5 Å². The van der Waals surface area contributed by atoms with Crippen molar-refractivity contribution in [3.63, 3.8) is 0 Å². The SMILES string of the molecule is Fc1ccc(F)c([C@H]2CCCN2c2ccn3ncc(-c4nnc(Br)s4)c3n2)c1. The van der Waals surface area contributed by atoms with Gasteiger partial charge in [-0.15, -0.1) is 10.2 Å². The Morgan fingerprint density at radius 1 is 1.18 bits per heavy atom. The number of aromatic nitrogens is 5. The Labute approximate surface area is 171 Å². The van der Waals surface area contributed by atoms with Crippen LogP contribution in [0.25, 0.3) is 16.2 Å². The minimum Gasteiger partial charge on any atom is -0.349 e. The van der Waals surface area contributed by atoms with Gasteiger partial charge < -0.3 is 4.90 Å². The minimum absolute atomic E-state index is 0.257. The highest BCUT2D eigenvalue weighted by atomic mass is 79.9. The molecule has 0 saturated carbocycles. The van der Waals surface area contributed by atoms with Gasteiger partial charge in [0.15, 0.2) is 14.6 Å². The van der Waals surface area contributed by atoms with Crippen molar-refractivity contribution < 1.29 is 8.78 Å². The summed E-state index contributed by atoms with van der Waals surface area (Å²) in [5.41, 5.74) is 1.78. The van der Waals surface area contributed by atoms with Crippen LogP contribution in [0.4, 0.5) is 14.6 Å². The van der Waals surface area contributed by atoms with Crippen LogP contribution in [0.2, 0.25) is 0 Å². The first-order valence-electron chi connectivity index (χ1n) is 8.65. The molecule has 1 saturated heterocycles. The molecule has 142 valence electrons. The maximum Gasteiger partial charge on any atom is 0.183 e. The van der Waals surface area contributed by atoms with Crippen LogP contribution >= 0.6 is 27.3 Å². The van der Waals surface area contributed by atoms with Crippen LogP contribution < -0.4 is 4.90 Å². The molecule has 10 heteroatoms. The molecule has 0 aliphatic carbocycles. The zero-order valence-electron chi connectivity index (χ0n) is 14.4. The highest BCUT2D eigenvalue weighted by Gasteiger charge is 2.30. The molecule has 1 atom stereocenters. The number of fused-ring (bicyclic) bond motifs is 1. The minimum atomic E-state index is -0.438. The molecule has 0 radical (unpaired) electrons. The number of nitrogens with zero attached hydrogens (tertiary/aromatic N) is 6. The molecule has 3 aromatic heterocycles. The fourth-order valence-electron chi connectivity index (χ4n) is 3.62. The van der Waals surface area contributed by atoms with Gasteiger partial charge in [-0.2, -0.15) is 5.10 Å². The van der Waals surface area contributed by atoms with E-state index < -0.39 is 11.6 Å². The zero-order valence-corrected chi connectivity index (χ0v) is 16.8. The van der Waals surface area contributed by atoms with E-state index in [1.807, 2.05) is 17.2 Å². The summed E-state index contributed by atoms with van der Waals surface area (Å²) in [4.78, 5) is 6.78. The quantitative estimate of drug-likeness (QED) is 0.444. The van der Waals surface area contributed by atoms with E-state index in [4.69, 9.17) is 4.98 Å². The number of hydrogen-bond acceptors (Lipinski definition) is 6. The predicted octanol–water partition coefficient (Wildman–Crippen LogP) is 4.63. The molecule has 0 bridgehead atoms. The van der Waals surface area contributed by atoms with E-state index in [-0.39, 0.29) is 6.04 Å². The monoisotopic (exact) mass is 462 g/mol. The Morgan fingerprint density at radius 3 is 2.89 bits per heavy atom. The highest BCUT2D eigenvalue weighted by molar-refractivity contribution is 9.11. The molecule has 4 aromatic rings. The van der Waals surface area contributed by atoms with Crippen LogP contribution in [0.5, 0.6) is 0 Å². The van der Waals surface area contributed by atoms with E-state index in [0.29, 0.717) is 26.0 Å². The summed E-state index contributed by atoms with van der Waals surface area (Å²) < 4.78 is 30.4. The van der Waals surface area contributed by atoms with Crippen molar-refractivity contribution in [2.45, 2.75) is 18.9 Å². The van der Waals surface area contributed by atoms with Gasteiger partial charge in [0.2, 0.25) is 0 Å². The fourth-order valence-corrected chi connectivity index (χ4v) is 4.73. The fraction of sp³-hybridized carbons (Fsp3) is 0.222. The highest BCUT2D eigenvalue weighted by Crippen LogP contribution is 2.37. The summed E-state index contributed by atoms with van der Waals surface area (Å²) >= 11 is 4.71. The molecule has 28 heavy (non-hydrogen) atoms. The summed E-state index contributed by atoms with van der Waals surface area (Å²) in [7, 11) is 0. The number of benzene rings is 1. The first-order valence-corrected chi connectivity index (χ1v) is 10.3. The second kappa shape index (κ2) is 6.85. The van der Waals surface area contributed by atoms with Crippen LogP contribution in [-0.4, -0.2) is 31.3 Å². The summed E-state index contributed by atoms with van der Waals surface area (Å²) in [5.74, 6) is -0.140. The second-order valence-corrected chi connectivity index (χ2v) is 8.74. The van der Waals surface area contributed by atoms with E-state index in [1.54, 1.807) is 10.7 Å². The Balaban J connectivity index is 1.57. The maximum absolute atomic E-state index is 14.4. The molecule has 0 unspecified atom stereocenters. The van der Waals surface area contributed by atoms with E-state index in [0.717, 1.165) is 31.0 Å². The average molecular weight is 463 g/mol. The molecular weight excluding hydrogens is 450 g/mol. The third kappa shape index (κ3) is 2.96. The van der Waals surface area contributed by atoms with E-state index >= 15 is 0 Å². The smallest absolute Gasteiger partial charge is 0.183 e. The number of rotatable bonds is 3. The van der Waals surface area contributed by atoms with Crippen molar-refractivity contribution in [1.82, 2.24) is 24.8 Å². The standard InChI is InChI=1S/C18H13BrF2N6S/c19-18-25-24-17(28-18)12-9-22-27-7-5-15(23-16(12)27)26-6-1-2-14(26)11-8-10(20)3-4-13(11)21/h3-5,7-9,14H,1-2,6H2/t14-/m1/s1. The second-order valence-electron chi connectivity index (χ2n) is 6.49. The Kier molecular flexibility index (Phi) is 4.31. The third-order valence-electron chi connectivity index (χ3n) is 4.85. The number of anilines is 1. The molecule has 0 amide bonds. The summed E-state index contributed by atoms with van der Waals surface area (Å²) in [6.45, 7) is 0.720. The lowest BCUT2D eigenvalue weighted by Crippen LogP contribution is -2.24. The molecule has 0 spiro atoms. The predicted molar refractivity (Wildman–Crippen MR) is 105 cm³/mol. The van der Waals surface area contributed by atoms with Crippen LogP contribution in [0.1, 0.15) is 24.4 Å². The Bertz CT molecular complexity index is 1180. The van der Waals surface area contributed by atoms with Crippen LogP contribution in [0.3, 0.4) is 0 Å². The van der Waals surface area contributed by atoms with Crippen molar-refractivity contribution in [1.29, 1.82) is 0 Å². The van der Waals surface area contributed by atoms with Gasteiger partial charge in [0.25, 0.3) is 0 Å². The Hall–Kier alpha value is -2.46. The van der Waals surface area contributed by atoms with Crippen molar-refractivity contribution >= 4 is 38.7 Å². The lowest BCUT2D eigenvalue weighted by molar-refractivity contribution is 0.560. The van der Waals surface area contributed by atoms with Gasteiger partial charge in [0.05, 0.1) is 17.8 Å². The molecule has 1 aliphatic heterocycles. The molecule has 5 rings (SSSR count). The third-order valence-corrected chi connectivity index (χ3v) is 6.24. The summed E-state index contributed by atoms with van der Waals surface area (Å²) in [6.07, 6.45) is 5.13. The van der Waals surface area contributed by atoms with Gasteiger partial charge in [-0.05, 0) is 53.0 Å². The first kappa shape index (κ1) is 17.6.